The minimum absolute atomic E-state index is 0.0654. The molecule has 0 bridgehead atoms. The number of amides is 1. The number of nitrogens with zero attached hydrogens (tertiary/aromatic N) is 3. The van der Waals surface area contributed by atoms with Crippen molar-refractivity contribution in [2.75, 3.05) is 11.4 Å². The van der Waals surface area contributed by atoms with Crippen molar-refractivity contribution in [1.82, 2.24) is 9.55 Å². The predicted molar refractivity (Wildman–Crippen MR) is 117 cm³/mol. The highest BCUT2D eigenvalue weighted by molar-refractivity contribution is 6.01. The van der Waals surface area contributed by atoms with Gasteiger partial charge in [0.05, 0.1) is 6.33 Å². The average Bonchev–Trinajstić information content (AvgIpc) is 3.14. The smallest absolute Gasteiger partial charge is 0.250 e. The zero-order chi connectivity index (χ0) is 20.2. The lowest BCUT2D eigenvalue weighted by atomic mass is 9.98. The number of aromatic nitrogens is 2. The van der Waals surface area contributed by atoms with Gasteiger partial charge in [0.25, 0.3) is 5.91 Å². The van der Waals surface area contributed by atoms with Gasteiger partial charge in [0.1, 0.15) is 0 Å². The van der Waals surface area contributed by atoms with E-state index in [1.165, 1.54) is 16.8 Å². The Labute approximate surface area is 172 Å². The lowest BCUT2D eigenvalue weighted by Gasteiger charge is -2.21. The van der Waals surface area contributed by atoms with Crippen LogP contribution in [0.5, 0.6) is 0 Å². The highest BCUT2D eigenvalue weighted by Gasteiger charge is 2.18. The van der Waals surface area contributed by atoms with Crippen molar-refractivity contribution in [3.05, 3.63) is 96.1 Å². The second kappa shape index (κ2) is 8.48. The molecule has 1 aliphatic rings. The summed E-state index contributed by atoms with van der Waals surface area (Å²) in [5, 5.41) is 0. The molecule has 0 spiro atoms. The van der Waals surface area contributed by atoms with Crippen LogP contribution >= 0.6 is 0 Å². The van der Waals surface area contributed by atoms with Gasteiger partial charge in [0.15, 0.2) is 0 Å². The van der Waals surface area contributed by atoms with E-state index in [0.29, 0.717) is 5.92 Å². The molecule has 2 aromatic carbocycles. The van der Waals surface area contributed by atoms with Crippen molar-refractivity contribution in [2.24, 2.45) is 5.92 Å². The number of benzene rings is 2. The summed E-state index contributed by atoms with van der Waals surface area (Å²) in [6.45, 7) is 5.88. The second-order valence-corrected chi connectivity index (χ2v) is 7.86. The number of allylic oxidation sites excluding steroid dienone is 1. The van der Waals surface area contributed by atoms with Gasteiger partial charge >= 0.3 is 0 Å². The van der Waals surface area contributed by atoms with Gasteiger partial charge in [-0.05, 0) is 41.7 Å². The maximum absolute atomic E-state index is 12.4. The van der Waals surface area contributed by atoms with Crippen LogP contribution in [0, 0.1) is 5.92 Å². The van der Waals surface area contributed by atoms with E-state index in [1.54, 1.807) is 6.08 Å². The Morgan fingerprint density at radius 1 is 1.10 bits per heavy atom. The fourth-order valence-electron chi connectivity index (χ4n) is 3.85. The van der Waals surface area contributed by atoms with Gasteiger partial charge in [-0.15, -0.1) is 0 Å². The Morgan fingerprint density at radius 2 is 1.86 bits per heavy atom. The van der Waals surface area contributed by atoms with E-state index >= 15 is 0 Å². The zero-order valence-corrected chi connectivity index (χ0v) is 17.0. The van der Waals surface area contributed by atoms with Crippen LogP contribution in [0.1, 0.15) is 43.0 Å². The first-order chi connectivity index (χ1) is 14.1. The number of carbonyl (C=O) groups excluding carboxylic acids is 1. The molecule has 1 amide bonds. The summed E-state index contributed by atoms with van der Waals surface area (Å²) in [7, 11) is 0. The van der Waals surface area contributed by atoms with Gasteiger partial charge in [-0.25, -0.2) is 4.98 Å². The zero-order valence-electron chi connectivity index (χ0n) is 17.0. The second-order valence-electron chi connectivity index (χ2n) is 7.86. The molecule has 4 heteroatoms. The highest BCUT2D eigenvalue weighted by Crippen LogP contribution is 2.25. The molecule has 4 rings (SSSR count). The molecule has 1 unspecified atom stereocenters. The largest absolute Gasteiger partial charge is 0.330 e. The molecule has 0 fully saturated rings. The van der Waals surface area contributed by atoms with Crippen molar-refractivity contribution in [3.63, 3.8) is 0 Å². The van der Waals surface area contributed by atoms with Gasteiger partial charge in [-0.2, -0.15) is 0 Å². The molecule has 0 N–H and O–H groups in total. The lowest BCUT2D eigenvalue weighted by molar-refractivity contribution is -0.114. The number of carbonyl (C=O) groups is 1. The van der Waals surface area contributed by atoms with Crippen LogP contribution in [0.25, 0.3) is 0 Å². The van der Waals surface area contributed by atoms with Gasteiger partial charge in [0.2, 0.25) is 0 Å². The third kappa shape index (κ3) is 4.32. The Morgan fingerprint density at radius 3 is 2.62 bits per heavy atom. The SMILES string of the molecule is CC(c1ccccc1)c1cncn1Cc1ccc(N2CC[C@H](C)C=CC2=O)cc1. The van der Waals surface area contributed by atoms with Crippen LogP contribution in [0.4, 0.5) is 5.69 Å². The monoisotopic (exact) mass is 385 g/mol. The molecule has 0 saturated heterocycles. The van der Waals surface area contributed by atoms with Crippen LogP contribution in [-0.4, -0.2) is 22.0 Å². The van der Waals surface area contributed by atoms with Crippen molar-refractivity contribution >= 4 is 11.6 Å². The highest BCUT2D eigenvalue weighted by atomic mass is 16.2. The van der Waals surface area contributed by atoms with Crippen LogP contribution in [-0.2, 0) is 11.3 Å². The van der Waals surface area contributed by atoms with E-state index in [4.69, 9.17) is 0 Å². The molecule has 1 aliphatic heterocycles. The van der Waals surface area contributed by atoms with Crippen molar-refractivity contribution in [3.8, 4) is 0 Å². The van der Waals surface area contributed by atoms with Crippen molar-refractivity contribution in [1.29, 1.82) is 0 Å². The maximum atomic E-state index is 12.4. The maximum Gasteiger partial charge on any atom is 0.250 e. The Bertz CT molecular complexity index is 988. The Balaban J connectivity index is 1.50. The summed E-state index contributed by atoms with van der Waals surface area (Å²) < 4.78 is 2.20. The molecule has 3 aromatic rings. The number of hydrogen-bond donors (Lipinski definition) is 0. The average molecular weight is 386 g/mol. The van der Waals surface area contributed by atoms with Gasteiger partial charge in [-0.3, -0.25) is 4.79 Å². The summed E-state index contributed by atoms with van der Waals surface area (Å²) in [6, 6.07) is 18.8. The summed E-state index contributed by atoms with van der Waals surface area (Å²) >= 11 is 0. The topological polar surface area (TPSA) is 38.1 Å². The van der Waals surface area contributed by atoms with Gasteiger partial charge in [0, 0.05) is 36.6 Å². The van der Waals surface area contributed by atoms with E-state index in [9.17, 15) is 4.79 Å². The molecule has 0 saturated carbocycles. The summed E-state index contributed by atoms with van der Waals surface area (Å²) in [4.78, 5) is 18.6. The molecule has 2 heterocycles. The van der Waals surface area contributed by atoms with E-state index in [0.717, 1.165) is 25.2 Å². The van der Waals surface area contributed by atoms with Crippen LogP contribution in [0.15, 0.2) is 79.3 Å². The number of rotatable bonds is 5. The van der Waals surface area contributed by atoms with E-state index in [1.807, 2.05) is 41.7 Å². The van der Waals surface area contributed by atoms with Gasteiger partial charge in [-0.1, -0.05) is 62.4 Å². The van der Waals surface area contributed by atoms with E-state index < -0.39 is 0 Å². The number of hydrogen-bond acceptors (Lipinski definition) is 2. The van der Waals surface area contributed by atoms with Crippen LogP contribution in [0.2, 0.25) is 0 Å². The van der Waals surface area contributed by atoms with Crippen molar-refractivity contribution < 1.29 is 4.79 Å². The predicted octanol–water partition coefficient (Wildman–Crippen LogP) is 5.01. The molecule has 2 atom stereocenters. The molecule has 0 radical (unpaired) electrons. The number of imidazole rings is 1. The minimum atomic E-state index is 0.0654. The molecular formula is C25H27N3O. The molecule has 29 heavy (non-hydrogen) atoms. The summed E-state index contributed by atoms with van der Waals surface area (Å²) in [5.74, 6) is 0.784. The summed E-state index contributed by atoms with van der Waals surface area (Å²) in [5.41, 5.74) is 4.63. The fraction of sp³-hybridized carbons (Fsp3) is 0.280. The molecule has 148 valence electrons. The summed E-state index contributed by atoms with van der Waals surface area (Å²) in [6.07, 6.45) is 8.54. The van der Waals surface area contributed by atoms with Crippen molar-refractivity contribution in [2.45, 2.75) is 32.7 Å². The molecule has 0 aliphatic carbocycles. The van der Waals surface area contributed by atoms with Crippen LogP contribution in [0.3, 0.4) is 0 Å². The van der Waals surface area contributed by atoms with E-state index in [2.05, 4.69) is 59.8 Å². The first-order valence-corrected chi connectivity index (χ1v) is 10.3. The Hall–Kier alpha value is -3.14. The quantitative estimate of drug-likeness (QED) is 0.619. The molecular weight excluding hydrogens is 358 g/mol. The minimum Gasteiger partial charge on any atom is -0.330 e. The van der Waals surface area contributed by atoms with Crippen LogP contribution < -0.4 is 4.90 Å². The third-order valence-corrected chi connectivity index (χ3v) is 5.73. The fourth-order valence-corrected chi connectivity index (χ4v) is 3.85. The molecule has 1 aromatic heterocycles. The standard InChI is InChI=1S/C25H27N3O/c1-19-8-13-25(29)28(15-14-19)23-11-9-21(10-12-23)17-27-18-26-16-24(27)20(2)22-6-4-3-5-7-22/h3-13,16,18-20H,14-15,17H2,1-2H3/t19-,20?/m1/s1. The normalized spacial score (nSPS) is 17.9. The first-order valence-electron chi connectivity index (χ1n) is 10.3. The number of anilines is 1. The first kappa shape index (κ1) is 19.2. The Kier molecular flexibility index (Phi) is 5.61. The van der Waals surface area contributed by atoms with Gasteiger partial charge < -0.3 is 9.47 Å². The third-order valence-electron chi connectivity index (χ3n) is 5.73. The van der Waals surface area contributed by atoms with E-state index in [-0.39, 0.29) is 11.8 Å². The lowest BCUT2D eigenvalue weighted by Crippen LogP contribution is -2.29. The molecule has 4 nitrogen and oxygen atoms in total.